The molecule has 0 aliphatic carbocycles. The van der Waals surface area contributed by atoms with Crippen LogP contribution in [0, 0.1) is 19.8 Å². The van der Waals surface area contributed by atoms with Crippen molar-refractivity contribution in [2.45, 2.75) is 46.6 Å². The summed E-state index contributed by atoms with van der Waals surface area (Å²) in [5, 5.41) is 3.41. The number of benzene rings is 1. The number of nitrogens with one attached hydrogen (secondary N) is 1. The molecule has 0 bridgehead atoms. The smallest absolute Gasteiger partial charge is 0.00902 e. The van der Waals surface area contributed by atoms with E-state index in [1.54, 1.807) is 0 Å². The maximum atomic E-state index is 3.41. The van der Waals surface area contributed by atoms with Gasteiger partial charge in [0.25, 0.3) is 0 Å². The Morgan fingerprint density at radius 1 is 1.25 bits per heavy atom. The summed E-state index contributed by atoms with van der Waals surface area (Å²) < 4.78 is 0. The average molecular weight is 219 g/mol. The van der Waals surface area contributed by atoms with Gasteiger partial charge in [0, 0.05) is 6.04 Å². The van der Waals surface area contributed by atoms with Gasteiger partial charge in [-0.2, -0.15) is 0 Å². The Bertz CT molecular complexity index is 326. The van der Waals surface area contributed by atoms with E-state index < -0.39 is 0 Å². The predicted molar refractivity (Wildman–Crippen MR) is 71.9 cm³/mol. The normalized spacial score (nSPS) is 14.8. The van der Waals surface area contributed by atoms with Crippen LogP contribution in [0.2, 0.25) is 0 Å². The molecule has 1 nitrogen and oxygen atoms in total. The van der Waals surface area contributed by atoms with Gasteiger partial charge in [-0.05, 0) is 50.8 Å². The zero-order valence-corrected chi connectivity index (χ0v) is 11.3. The molecule has 0 aliphatic rings. The van der Waals surface area contributed by atoms with Crippen LogP contribution in [0.25, 0.3) is 0 Å². The quantitative estimate of drug-likeness (QED) is 0.799. The Labute approximate surface area is 100 Å². The second-order valence-electron chi connectivity index (χ2n) is 4.91. The van der Waals surface area contributed by atoms with Crippen LogP contribution in [-0.2, 0) is 6.42 Å². The summed E-state index contributed by atoms with van der Waals surface area (Å²) in [5.74, 6) is 0.690. The lowest BCUT2D eigenvalue weighted by molar-refractivity contribution is 0.386. The number of rotatable bonds is 5. The van der Waals surface area contributed by atoms with Crippen molar-refractivity contribution in [2.75, 3.05) is 7.05 Å². The lowest BCUT2D eigenvalue weighted by Gasteiger charge is -2.23. The van der Waals surface area contributed by atoms with Crippen LogP contribution < -0.4 is 5.32 Å². The molecule has 2 atom stereocenters. The fourth-order valence-corrected chi connectivity index (χ4v) is 2.40. The molecule has 90 valence electrons. The van der Waals surface area contributed by atoms with Gasteiger partial charge in [0.2, 0.25) is 0 Å². The van der Waals surface area contributed by atoms with Crippen molar-refractivity contribution in [3.05, 3.63) is 34.9 Å². The van der Waals surface area contributed by atoms with Crippen LogP contribution in [0.1, 0.15) is 37.0 Å². The minimum Gasteiger partial charge on any atom is -0.317 e. The lowest BCUT2D eigenvalue weighted by Crippen LogP contribution is -2.32. The number of hydrogen-bond acceptors (Lipinski definition) is 1. The van der Waals surface area contributed by atoms with Crippen molar-refractivity contribution in [3.63, 3.8) is 0 Å². The zero-order valence-electron chi connectivity index (χ0n) is 11.3. The van der Waals surface area contributed by atoms with Crippen molar-refractivity contribution in [1.82, 2.24) is 5.32 Å². The summed E-state index contributed by atoms with van der Waals surface area (Å²) in [6, 6.07) is 7.38. The molecule has 0 amide bonds. The first kappa shape index (κ1) is 13.2. The van der Waals surface area contributed by atoms with E-state index in [-0.39, 0.29) is 0 Å². The molecule has 0 heterocycles. The first-order valence-electron chi connectivity index (χ1n) is 6.31. The van der Waals surface area contributed by atoms with Crippen LogP contribution in [0.15, 0.2) is 18.2 Å². The van der Waals surface area contributed by atoms with Gasteiger partial charge in [0.1, 0.15) is 0 Å². The van der Waals surface area contributed by atoms with Crippen LogP contribution in [0.4, 0.5) is 0 Å². The fraction of sp³-hybridized carbons (Fsp3) is 0.600. The first-order valence-corrected chi connectivity index (χ1v) is 6.31. The molecule has 0 spiro atoms. The monoisotopic (exact) mass is 219 g/mol. The van der Waals surface area contributed by atoms with Crippen molar-refractivity contribution in [1.29, 1.82) is 0 Å². The molecule has 16 heavy (non-hydrogen) atoms. The Kier molecular flexibility index (Phi) is 5.01. The summed E-state index contributed by atoms with van der Waals surface area (Å²) in [6.07, 6.45) is 2.37. The summed E-state index contributed by atoms with van der Waals surface area (Å²) in [6.45, 7) is 8.97. The molecule has 1 aromatic rings. The van der Waals surface area contributed by atoms with Crippen molar-refractivity contribution in [3.8, 4) is 0 Å². The van der Waals surface area contributed by atoms with Crippen molar-refractivity contribution >= 4 is 0 Å². The van der Waals surface area contributed by atoms with Crippen LogP contribution in [0.5, 0.6) is 0 Å². The van der Waals surface area contributed by atoms with E-state index in [0.717, 1.165) is 0 Å². The number of hydrogen-bond donors (Lipinski definition) is 1. The van der Waals surface area contributed by atoms with Crippen LogP contribution in [-0.4, -0.2) is 13.1 Å². The van der Waals surface area contributed by atoms with Crippen molar-refractivity contribution in [2.24, 2.45) is 5.92 Å². The molecule has 0 aliphatic heterocycles. The van der Waals surface area contributed by atoms with E-state index in [1.165, 1.54) is 29.5 Å². The van der Waals surface area contributed by atoms with E-state index in [4.69, 9.17) is 0 Å². The average Bonchev–Trinajstić information content (AvgIpc) is 2.25. The highest BCUT2D eigenvalue weighted by atomic mass is 14.9. The highest BCUT2D eigenvalue weighted by molar-refractivity contribution is 5.30. The standard InChI is InChI=1S/C15H25N/c1-6-15(16-5)13(4)10-14-9-11(2)7-8-12(14)3/h7-9,13,15-16H,6,10H2,1-5H3. The largest absolute Gasteiger partial charge is 0.317 e. The molecule has 0 fully saturated rings. The topological polar surface area (TPSA) is 12.0 Å². The van der Waals surface area contributed by atoms with Gasteiger partial charge in [-0.1, -0.05) is 37.6 Å². The molecule has 1 rings (SSSR count). The maximum Gasteiger partial charge on any atom is 0.00902 e. The maximum absolute atomic E-state index is 3.41. The predicted octanol–water partition coefficient (Wildman–Crippen LogP) is 3.48. The Morgan fingerprint density at radius 2 is 1.94 bits per heavy atom. The minimum atomic E-state index is 0.625. The molecular weight excluding hydrogens is 194 g/mol. The van der Waals surface area contributed by atoms with Crippen molar-refractivity contribution < 1.29 is 0 Å². The third-order valence-corrected chi connectivity index (χ3v) is 3.54. The van der Waals surface area contributed by atoms with E-state index in [0.29, 0.717) is 12.0 Å². The van der Waals surface area contributed by atoms with Gasteiger partial charge in [0.15, 0.2) is 0 Å². The van der Waals surface area contributed by atoms with Gasteiger partial charge >= 0.3 is 0 Å². The molecule has 0 radical (unpaired) electrons. The van der Waals surface area contributed by atoms with E-state index in [1.807, 2.05) is 0 Å². The van der Waals surface area contributed by atoms with Crippen LogP contribution in [0.3, 0.4) is 0 Å². The van der Waals surface area contributed by atoms with Gasteiger partial charge in [-0.25, -0.2) is 0 Å². The van der Waals surface area contributed by atoms with E-state index in [9.17, 15) is 0 Å². The molecule has 1 aromatic carbocycles. The second kappa shape index (κ2) is 6.05. The Balaban J connectivity index is 2.75. The summed E-state index contributed by atoms with van der Waals surface area (Å²) in [7, 11) is 2.06. The second-order valence-corrected chi connectivity index (χ2v) is 4.91. The summed E-state index contributed by atoms with van der Waals surface area (Å²) in [4.78, 5) is 0. The molecule has 1 N–H and O–H groups in total. The summed E-state index contributed by atoms with van der Waals surface area (Å²) in [5.41, 5.74) is 4.29. The molecule has 2 unspecified atom stereocenters. The number of aryl methyl sites for hydroxylation is 2. The van der Waals surface area contributed by atoms with Gasteiger partial charge in [0.05, 0.1) is 0 Å². The highest BCUT2D eigenvalue weighted by Gasteiger charge is 2.14. The van der Waals surface area contributed by atoms with Gasteiger partial charge in [-0.3, -0.25) is 0 Å². The Hall–Kier alpha value is -0.820. The molecule has 1 heteroatoms. The SMILES string of the molecule is CCC(NC)C(C)Cc1cc(C)ccc1C. The molecule has 0 aromatic heterocycles. The zero-order chi connectivity index (χ0) is 12.1. The highest BCUT2D eigenvalue weighted by Crippen LogP contribution is 2.18. The Morgan fingerprint density at radius 3 is 2.50 bits per heavy atom. The third-order valence-electron chi connectivity index (χ3n) is 3.54. The van der Waals surface area contributed by atoms with Crippen LogP contribution >= 0.6 is 0 Å². The third kappa shape index (κ3) is 3.34. The lowest BCUT2D eigenvalue weighted by atomic mass is 9.90. The van der Waals surface area contributed by atoms with Gasteiger partial charge < -0.3 is 5.32 Å². The minimum absolute atomic E-state index is 0.625. The molecular formula is C15H25N. The molecule has 0 saturated carbocycles. The first-order chi connectivity index (χ1) is 7.58. The van der Waals surface area contributed by atoms with E-state index in [2.05, 4.69) is 58.3 Å². The fourth-order valence-electron chi connectivity index (χ4n) is 2.40. The summed E-state index contributed by atoms with van der Waals surface area (Å²) >= 11 is 0. The van der Waals surface area contributed by atoms with E-state index >= 15 is 0 Å². The molecule has 0 saturated heterocycles. The van der Waals surface area contributed by atoms with Gasteiger partial charge in [-0.15, -0.1) is 0 Å².